The summed E-state index contributed by atoms with van der Waals surface area (Å²) in [5.74, 6) is 0.642. The summed E-state index contributed by atoms with van der Waals surface area (Å²) in [7, 11) is 0. The van der Waals surface area contributed by atoms with E-state index in [1.54, 1.807) is 0 Å². The second-order valence-corrected chi connectivity index (χ2v) is 5.53. The van der Waals surface area contributed by atoms with Crippen molar-refractivity contribution in [3.05, 3.63) is 33.1 Å². The highest BCUT2D eigenvalue weighted by atomic mass is 35.5. The SMILES string of the molecule is CC1CCCC1CNC(=O)c1cc([N+](=O)[O-])cnc1Cl. The lowest BCUT2D eigenvalue weighted by atomic mass is 9.98. The Balaban J connectivity index is 2.05. The van der Waals surface area contributed by atoms with Gasteiger partial charge in [-0.1, -0.05) is 31.4 Å². The lowest BCUT2D eigenvalue weighted by molar-refractivity contribution is -0.385. The Kier molecular flexibility index (Phi) is 4.54. The summed E-state index contributed by atoms with van der Waals surface area (Å²) in [5.41, 5.74) is -0.194. The Labute approximate surface area is 121 Å². The molecular weight excluding hydrogens is 282 g/mol. The second kappa shape index (κ2) is 6.17. The molecule has 2 unspecified atom stereocenters. The molecular formula is C13H16ClN3O3. The van der Waals surface area contributed by atoms with Crippen LogP contribution in [0.15, 0.2) is 12.3 Å². The summed E-state index contributed by atoms with van der Waals surface area (Å²) in [6.07, 6.45) is 4.50. The first-order valence-electron chi connectivity index (χ1n) is 6.57. The minimum absolute atomic E-state index is 0.0208. The van der Waals surface area contributed by atoms with E-state index in [9.17, 15) is 14.9 Å². The lowest BCUT2D eigenvalue weighted by Gasteiger charge is -2.16. The zero-order valence-corrected chi connectivity index (χ0v) is 11.9. The van der Waals surface area contributed by atoms with Crippen LogP contribution < -0.4 is 5.32 Å². The summed E-state index contributed by atoms with van der Waals surface area (Å²) in [6.45, 7) is 2.74. The molecule has 1 aromatic rings. The van der Waals surface area contributed by atoms with Gasteiger partial charge in [0.1, 0.15) is 11.3 Å². The number of nitrogens with one attached hydrogen (secondary N) is 1. The van der Waals surface area contributed by atoms with Gasteiger partial charge in [-0.25, -0.2) is 4.98 Å². The molecule has 1 amide bonds. The van der Waals surface area contributed by atoms with Gasteiger partial charge >= 0.3 is 0 Å². The number of hydrogen-bond donors (Lipinski definition) is 1. The van der Waals surface area contributed by atoms with Crippen LogP contribution in [0.5, 0.6) is 0 Å². The van der Waals surface area contributed by atoms with E-state index in [-0.39, 0.29) is 16.4 Å². The van der Waals surface area contributed by atoms with Crippen molar-refractivity contribution >= 4 is 23.2 Å². The van der Waals surface area contributed by atoms with Crippen LogP contribution in [0.4, 0.5) is 5.69 Å². The van der Waals surface area contributed by atoms with E-state index in [0.29, 0.717) is 18.4 Å². The Morgan fingerprint density at radius 2 is 2.35 bits per heavy atom. The first kappa shape index (κ1) is 14.7. The maximum atomic E-state index is 12.0. The number of nitro groups is 1. The number of halogens is 1. The standard InChI is InChI=1S/C13H16ClN3O3/c1-8-3-2-4-9(8)6-16-13(18)11-5-10(17(19)20)7-15-12(11)14/h5,7-9H,2-4,6H2,1H3,(H,16,18). The van der Waals surface area contributed by atoms with Crippen molar-refractivity contribution in [2.45, 2.75) is 26.2 Å². The predicted molar refractivity (Wildman–Crippen MR) is 74.7 cm³/mol. The molecule has 0 bridgehead atoms. The van der Waals surface area contributed by atoms with E-state index >= 15 is 0 Å². The van der Waals surface area contributed by atoms with Crippen LogP contribution in [0, 0.1) is 22.0 Å². The largest absolute Gasteiger partial charge is 0.352 e. The van der Waals surface area contributed by atoms with E-state index in [1.807, 2.05) is 0 Å². The topological polar surface area (TPSA) is 85.1 Å². The third-order valence-corrected chi connectivity index (χ3v) is 4.15. The van der Waals surface area contributed by atoms with E-state index in [0.717, 1.165) is 18.7 Å². The van der Waals surface area contributed by atoms with Gasteiger partial charge in [-0.05, 0) is 18.3 Å². The Morgan fingerprint density at radius 3 is 2.95 bits per heavy atom. The highest BCUT2D eigenvalue weighted by molar-refractivity contribution is 6.32. The number of rotatable bonds is 4. The molecule has 1 aliphatic rings. The molecule has 1 fully saturated rings. The fourth-order valence-electron chi connectivity index (χ4n) is 2.54. The van der Waals surface area contributed by atoms with Crippen LogP contribution in [-0.4, -0.2) is 22.4 Å². The molecule has 0 saturated heterocycles. The highest BCUT2D eigenvalue weighted by Gasteiger charge is 2.24. The predicted octanol–water partition coefficient (Wildman–Crippen LogP) is 2.81. The maximum Gasteiger partial charge on any atom is 0.288 e. The Morgan fingerprint density at radius 1 is 1.60 bits per heavy atom. The van der Waals surface area contributed by atoms with Crippen LogP contribution >= 0.6 is 11.6 Å². The first-order chi connectivity index (χ1) is 9.49. The number of carbonyl (C=O) groups excluding carboxylic acids is 1. The Bertz CT molecular complexity index is 536. The van der Waals surface area contributed by atoms with Crippen molar-refractivity contribution in [1.82, 2.24) is 10.3 Å². The summed E-state index contributed by atoms with van der Waals surface area (Å²) in [6, 6.07) is 1.16. The van der Waals surface area contributed by atoms with Crippen molar-refractivity contribution in [2.75, 3.05) is 6.54 Å². The monoisotopic (exact) mass is 297 g/mol. The van der Waals surface area contributed by atoms with Gasteiger partial charge in [-0.15, -0.1) is 0 Å². The van der Waals surface area contributed by atoms with Gasteiger partial charge in [0.05, 0.1) is 10.5 Å². The molecule has 2 rings (SSSR count). The molecule has 1 heterocycles. The fraction of sp³-hybridized carbons (Fsp3) is 0.538. The Hall–Kier alpha value is -1.69. The van der Waals surface area contributed by atoms with Crippen LogP contribution in [0.25, 0.3) is 0 Å². The highest BCUT2D eigenvalue weighted by Crippen LogP contribution is 2.30. The molecule has 0 spiro atoms. The molecule has 0 radical (unpaired) electrons. The van der Waals surface area contributed by atoms with E-state index in [1.165, 1.54) is 12.8 Å². The minimum atomic E-state index is -0.598. The zero-order chi connectivity index (χ0) is 14.7. The third-order valence-electron chi connectivity index (χ3n) is 3.84. The molecule has 0 aliphatic heterocycles. The lowest BCUT2D eigenvalue weighted by Crippen LogP contribution is -2.30. The average Bonchev–Trinajstić information content (AvgIpc) is 2.81. The van der Waals surface area contributed by atoms with Crippen molar-refractivity contribution in [3.63, 3.8) is 0 Å². The van der Waals surface area contributed by atoms with Gasteiger partial charge in [-0.2, -0.15) is 0 Å². The van der Waals surface area contributed by atoms with E-state index in [4.69, 9.17) is 11.6 Å². The second-order valence-electron chi connectivity index (χ2n) is 5.17. The maximum absolute atomic E-state index is 12.0. The smallest absolute Gasteiger partial charge is 0.288 e. The number of aromatic nitrogens is 1. The van der Waals surface area contributed by atoms with Crippen LogP contribution in [-0.2, 0) is 0 Å². The molecule has 1 N–H and O–H groups in total. The molecule has 108 valence electrons. The normalized spacial score (nSPS) is 21.7. The molecule has 1 saturated carbocycles. The molecule has 20 heavy (non-hydrogen) atoms. The number of carbonyl (C=O) groups is 1. The van der Waals surface area contributed by atoms with Gasteiger partial charge in [0, 0.05) is 12.6 Å². The molecule has 7 heteroatoms. The average molecular weight is 298 g/mol. The van der Waals surface area contributed by atoms with Crippen LogP contribution in [0.1, 0.15) is 36.5 Å². The van der Waals surface area contributed by atoms with Gasteiger partial charge in [0.15, 0.2) is 0 Å². The first-order valence-corrected chi connectivity index (χ1v) is 6.95. The van der Waals surface area contributed by atoms with Crippen LogP contribution in [0.2, 0.25) is 5.15 Å². The summed E-state index contributed by atoms with van der Waals surface area (Å²) >= 11 is 5.83. The number of pyridine rings is 1. The molecule has 2 atom stereocenters. The molecule has 1 aromatic heterocycles. The number of nitrogens with zero attached hydrogens (tertiary/aromatic N) is 2. The van der Waals surface area contributed by atoms with Crippen molar-refractivity contribution in [2.24, 2.45) is 11.8 Å². The summed E-state index contributed by atoms with van der Waals surface area (Å²) in [5, 5.41) is 13.5. The van der Waals surface area contributed by atoms with E-state index in [2.05, 4.69) is 17.2 Å². The van der Waals surface area contributed by atoms with Crippen molar-refractivity contribution in [1.29, 1.82) is 0 Å². The fourth-order valence-corrected chi connectivity index (χ4v) is 2.73. The van der Waals surface area contributed by atoms with Gasteiger partial charge < -0.3 is 5.32 Å². The summed E-state index contributed by atoms with van der Waals surface area (Å²) < 4.78 is 0. The van der Waals surface area contributed by atoms with E-state index < -0.39 is 10.8 Å². The van der Waals surface area contributed by atoms with Crippen LogP contribution in [0.3, 0.4) is 0 Å². The van der Waals surface area contributed by atoms with Gasteiger partial charge in [0.25, 0.3) is 11.6 Å². The number of amides is 1. The van der Waals surface area contributed by atoms with Gasteiger partial charge in [0.2, 0.25) is 0 Å². The third kappa shape index (κ3) is 3.25. The molecule has 6 nitrogen and oxygen atoms in total. The zero-order valence-electron chi connectivity index (χ0n) is 11.1. The minimum Gasteiger partial charge on any atom is -0.352 e. The van der Waals surface area contributed by atoms with Crippen molar-refractivity contribution in [3.8, 4) is 0 Å². The molecule has 0 aromatic carbocycles. The quantitative estimate of drug-likeness (QED) is 0.526. The summed E-state index contributed by atoms with van der Waals surface area (Å²) in [4.78, 5) is 25.8. The van der Waals surface area contributed by atoms with Crippen molar-refractivity contribution < 1.29 is 9.72 Å². The van der Waals surface area contributed by atoms with Gasteiger partial charge in [-0.3, -0.25) is 14.9 Å². The number of hydrogen-bond acceptors (Lipinski definition) is 4. The molecule has 1 aliphatic carbocycles.